The summed E-state index contributed by atoms with van der Waals surface area (Å²) in [5.41, 5.74) is 1.10. The van der Waals surface area contributed by atoms with Crippen molar-refractivity contribution in [3.8, 4) is 0 Å². The van der Waals surface area contributed by atoms with Crippen LogP contribution in [0.2, 0.25) is 0 Å². The van der Waals surface area contributed by atoms with Crippen LogP contribution in [0.3, 0.4) is 0 Å². The van der Waals surface area contributed by atoms with E-state index in [2.05, 4.69) is 34.0 Å². The Morgan fingerprint density at radius 3 is 2.83 bits per heavy atom. The SMILES string of the molecule is CCc1cc(NCC(C)CN2CCCC2)ncn1. The standard InChI is InChI=1S/C14H24N4/c1-3-13-8-14(17-11-16-13)15-9-12(2)10-18-6-4-5-7-18/h8,11-12H,3-7,9-10H2,1-2H3,(H,15,16,17). The van der Waals surface area contributed by atoms with Crippen molar-refractivity contribution in [3.63, 3.8) is 0 Å². The van der Waals surface area contributed by atoms with Crippen molar-refractivity contribution in [1.29, 1.82) is 0 Å². The van der Waals surface area contributed by atoms with Gasteiger partial charge < -0.3 is 10.2 Å². The van der Waals surface area contributed by atoms with Gasteiger partial charge in [-0.3, -0.25) is 0 Å². The van der Waals surface area contributed by atoms with Gasteiger partial charge in [0.05, 0.1) is 0 Å². The zero-order chi connectivity index (χ0) is 12.8. The lowest BCUT2D eigenvalue weighted by Gasteiger charge is -2.20. The number of aryl methyl sites for hydroxylation is 1. The largest absolute Gasteiger partial charge is 0.370 e. The summed E-state index contributed by atoms with van der Waals surface area (Å²) in [5.74, 6) is 1.61. The van der Waals surface area contributed by atoms with Gasteiger partial charge in [-0.2, -0.15) is 0 Å². The first-order valence-electron chi connectivity index (χ1n) is 7.05. The second-order valence-corrected chi connectivity index (χ2v) is 5.24. The van der Waals surface area contributed by atoms with Gasteiger partial charge in [-0.1, -0.05) is 13.8 Å². The molecule has 2 heterocycles. The quantitative estimate of drug-likeness (QED) is 0.838. The Kier molecular flexibility index (Phi) is 4.93. The smallest absolute Gasteiger partial charge is 0.129 e. The van der Waals surface area contributed by atoms with Crippen molar-refractivity contribution in [1.82, 2.24) is 14.9 Å². The van der Waals surface area contributed by atoms with E-state index in [1.807, 2.05) is 6.07 Å². The Hall–Kier alpha value is -1.16. The minimum Gasteiger partial charge on any atom is -0.370 e. The maximum absolute atomic E-state index is 4.26. The van der Waals surface area contributed by atoms with Gasteiger partial charge in [0.25, 0.3) is 0 Å². The van der Waals surface area contributed by atoms with Crippen molar-refractivity contribution in [2.24, 2.45) is 5.92 Å². The fourth-order valence-corrected chi connectivity index (χ4v) is 2.44. The Labute approximate surface area is 110 Å². The van der Waals surface area contributed by atoms with E-state index in [1.165, 1.54) is 32.5 Å². The van der Waals surface area contributed by atoms with E-state index in [9.17, 15) is 0 Å². The lowest BCUT2D eigenvalue weighted by Crippen LogP contribution is -2.29. The van der Waals surface area contributed by atoms with Crippen LogP contribution in [0, 0.1) is 5.92 Å². The minimum absolute atomic E-state index is 0.656. The van der Waals surface area contributed by atoms with Gasteiger partial charge in [-0.25, -0.2) is 9.97 Å². The van der Waals surface area contributed by atoms with Crippen LogP contribution >= 0.6 is 0 Å². The third kappa shape index (κ3) is 3.95. The monoisotopic (exact) mass is 248 g/mol. The number of anilines is 1. The van der Waals surface area contributed by atoms with Crippen LogP contribution in [0.5, 0.6) is 0 Å². The number of hydrogen-bond donors (Lipinski definition) is 1. The van der Waals surface area contributed by atoms with Crippen LogP contribution in [0.25, 0.3) is 0 Å². The van der Waals surface area contributed by atoms with Crippen molar-refractivity contribution in [2.45, 2.75) is 33.1 Å². The summed E-state index contributed by atoms with van der Waals surface area (Å²) in [4.78, 5) is 11.0. The number of rotatable bonds is 6. The summed E-state index contributed by atoms with van der Waals surface area (Å²) in [6.07, 6.45) is 5.34. The van der Waals surface area contributed by atoms with Crippen LogP contribution in [0.4, 0.5) is 5.82 Å². The highest BCUT2D eigenvalue weighted by Gasteiger charge is 2.14. The molecule has 0 aliphatic carbocycles. The molecule has 1 aromatic rings. The molecule has 1 aliphatic heterocycles. The summed E-state index contributed by atoms with van der Waals surface area (Å²) >= 11 is 0. The van der Waals surface area contributed by atoms with E-state index in [0.29, 0.717) is 5.92 Å². The predicted octanol–water partition coefficient (Wildman–Crippen LogP) is 2.18. The van der Waals surface area contributed by atoms with E-state index in [4.69, 9.17) is 0 Å². The molecule has 100 valence electrons. The average Bonchev–Trinajstić information content (AvgIpc) is 2.89. The summed E-state index contributed by atoms with van der Waals surface area (Å²) < 4.78 is 0. The molecule has 0 aromatic carbocycles. The van der Waals surface area contributed by atoms with E-state index in [1.54, 1.807) is 6.33 Å². The molecule has 4 heteroatoms. The minimum atomic E-state index is 0.656. The summed E-state index contributed by atoms with van der Waals surface area (Å²) in [7, 11) is 0. The molecular weight excluding hydrogens is 224 g/mol. The second kappa shape index (κ2) is 6.69. The van der Waals surface area contributed by atoms with Crippen LogP contribution in [-0.2, 0) is 6.42 Å². The van der Waals surface area contributed by atoms with Gasteiger partial charge in [0.15, 0.2) is 0 Å². The van der Waals surface area contributed by atoms with Gasteiger partial charge in [0.1, 0.15) is 12.1 Å². The Balaban J connectivity index is 1.75. The van der Waals surface area contributed by atoms with Crippen molar-refractivity contribution in [2.75, 3.05) is 31.5 Å². The summed E-state index contributed by atoms with van der Waals surface area (Å²) in [5, 5.41) is 3.42. The van der Waals surface area contributed by atoms with E-state index in [0.717, 1.165) is 24.5 Å². The zero-order valence-corrected chi connectivity index (χ0v) is 11.5. The normalized spacial score (nSPS) is 17.9. The fourth-order valence-electron chi connectivity index (χ4n) is 2.44. The first kappa shape index (κ1) is 13.3. The number of likely N-dealkylation sites (tertiary alicyclic amines) is 1. The van der Waals surface area contributed by atoms with Crippen molar-refractivity contribution in [3.05, 3.63) is 18.1 Å². The number of nitrogens with one attached hydrogen (secondary N) is 1. The molecule has 1 aliphatic rings. The van der Waals surface area contributed by atoms with Crippen LogP contribution in [0.15, 0.2) is 12.4 Å². The molecule has 4 nitrogen and oxygen atoms in total. The Morgan fingerprint density at radius 2 is 2.11 bits per heavy atom. The van der Waals surface area contributed by atoms with Crippen LogP contribution in [-0.4, -0.2) is 41.0 Å². The van der Waals surface area contributed by atoms with Crippen molar-refractivity contribution >= 4 is 5.82 Å². The average molecular weight is 248 g/mol. The van der Waals surface area contributed by atoms with E-state index < -0.39 is 0 Å². The lowest BCUT2D eigenvalue weighted by molar-refractivity contribution is 0.294. The molecule has 1 aromatic heterocycles. The van der Waals surface area contributed by atoms with Crippen LogP contribution in [0.1, 0.15) is 32.4 Å². The maximum Gasteiger partial charge on any atom is 0.129 e. The molecule has 18 heavy (non-hydrogen) atoms. The molecular formula is C14H24N4. The van der Waals surface area contributed by atoms with E-state index in [-0.39, 0.29) is 0 Å². The summed E-state index contributed by atoms with van der Waals surface area (Å²) in [6, 6.07) is 2.04. The molecule has 1 atom stereocenters. The highest BCUT2D eigenvalue weighted by Crippen LogP contribution is 2.11. The van der Waals surface area contributed by atoms with Crippen LogP contribution < -0.4 is 5.32 Å². The predicted molar refractivity (Wildman–Crippen MR) is 74.7 cm³/mol. The highest BCUT2D eigenvalue weighted by atomic mass is 15.1. The molecule has 0 bridgehead atoms. The Morgan fingerprint density at radius 1 is 1.33 bits per heavy atom. The fraction of sp³-hybridized carbons (Fsp3) is 0.714. The molecule has 0 saturated carbocycles. The molecule has 1 fully saturated rings. The van der Waals surface area contributed by atoms with Gasteiger partial charge in [-0.15, -0.1) is 0 Å². The third-order valence-corrected chi connectivity index (χ3v) is 3.49. The van der Waals surface area contributed by atoms with Gasteiger partial charge in [0, 0.05) is 24.8 Å². The first-order valence-corrected chi connectivity index (χ1v) is 7.05. The summed E-state index contributed by atoms with van der Waals surface area (Å²) in [6.45, 7) is 9.14. The molecule has 1 unspecified atom stereocenters. The Bertz CT molecular complexity index is 361. The first-order chi connectivity index (χ1) is 8.78. The zero-order valence-electron chi connectivity index (χ0n) is 11.5. The number of hydrogen-bond acceptors (Lipinski definition) is 4. The molecule has 1 N–H and O–H groups in total. The second-order valence-electron chi connectivity index (χ2n) is 5.24. The third-order valence-electron chi connectivity index (χ3n) is 3.49. The molecule has 0 radical (unpaired) electrons. The molecule has 2 rings (SSSR count). The number of aromatic nitrogens is 2. The number of nitrogens with zero attached hydrogens (tertiary/aromatic N) is 3. The molecule has 1 saturated heterocycles. The maximum atomic E-state index is 4.26. The van der Waals surface area contributed by atoms with Gasteiger partial charge >= 0.3 is 0 Å². The molecule has 0 amide bonds. The highest BCUT2D eigenvalue weighted by molar-refractivity contribution is 5.34. The van der Waals surface area contributed by atoms with Gasteiger partial charge in [-0.05, 0) is 38.3 Å². The van der Waals surface area contributed by atoms with E-state index >= 15 is 0 Å². The molecule has 0 spiro atoms. The van der Waals surface area contributed by atoms with Gasteiger partial charge in [0.2, 0.25) is 0 Å². The lowest BCUT2D eigenvalue weighted by atomic mass is 10.1. The topological polar surface area (TPSA) is 41.0 Å². The van der Waals surface area contributed by atoms with Crippen molar-refractivity contribution < 1.29 is 0 Å².